The number of piperidine rings is 1. The van der Waals surface area contributed by atoms with Gasteiger partial charge in [-0.1, -0.05) is 48.5 Å². The molecule has 1 aliphatic heterocycles. The highest BCUT2D eigenvalue weighted by molar-refractivity contribution is 6.06. The summed E-state index contributed by atoms with van der Waals surface area (Å²) in [6.45, 7) is 4.20. The van der Waals surface area contributed by atoms with Crippen LogP contribution in [0.3, 0.4) is 0 Å². The van der Waals surface area contributed by atoms with Crippen LogP contribution in [0.2, 0.25) is 0 Å². The summed E-state index contributed by atoms with van der Waals surface area (Å²) < 4.78 is 1.97. The number of fused-ring (bicyclic) bond motifs is 1. The first kappa shape index (κ1) is 20.5. The number of β-amino-alcohol motifs (C(OH)–C–C–N with tert-alkyl or cyclic N) is 1. The molecule has 5 nitrogen and oxygen atoms in total. The fourth-order valence-electron chi connectivity index (χ4n) is 4.48. The quantitative estimate of drug-likeness (QED) is 0.609. The molecule has 0 aliphatic carbocycles. The van der Waals surface area contributed by atoms with Gasteiger partial charge in [0.1, 0.15) is 0 Å². The smallest absolute Gasteiger partial charge is 0.166 e. The number of carbonyl (C=O) groups is 2. The molecule has 3 aromatic rings. The van der Waals surface area contributed by atoms with E-state index in [0.29, 0.717) is 18.7 Å². The van der Waals surface area contributed by atoms with Crippen molar-refractivity contribution in [3.05, 3.63) is 71.9 Å². The molecule has 1 N–H and O–H groups in total. The van der Waals surface area contributed by atoms with E-state index >= 15 is 0 Å². The van der Waals surface area contributed by atoms with Crippen molar-refractivity contribution in [1.82, 2.24) is 9.47 Å². The molecule has 0 spiro atoms. The molecule has 1 aliphatic rings. The Kier molecular flexibility index (Phi) is 6.11. The number of Topliss-reactive ketones (excluding diaryl/α,β-unsaturated/α-hetero) is 2. The molecule has 1 aromatic heterocycles. The van der Waals surface area contributed by atoms with Gasteiger partial charge in [0.25, 0.3) is 0 Å². The standard InChI is InChI=1S/C25H28N2O3/c1-18(28)23-17-27(24-10-6-5-9-22(23)24)16-21(29)15-26-13-11-20(12-14-26)25(30)19-7-3-2-4-8-19/h2-10,17,20-21,29H,11-16H2,1H3. The summed E-state index contributed by atoms with van der Waals surface area (Å²) in [4.78, 5) is 26.8. The first-order chi connectivity index (χ1) is 14.5. The topological polar surface area (TPSA) is 62.5 Å². The highest BCUT2D eigenvalue weighted by atomic mass is 16.3. The summed E-state index contributed by atoms with van der Waals surface area (Å²) in [5, 5.41) is 11.6. The molecular formula is C25H28N2O3. The zero-order chi connectivity index (χ0) is 21.1. The van der Waals surface area contributed by atoms with Crippen LogP contribution in [0, 0.1) is 5.92 Å². The maximum Gasteiger partial charge on any atom is 0.166 e. The van der Waals surface area contributed by atoms with Crippen LogP contribution < -0.4 is 0 Å². The largest absolute Gasteiger partial charge is 0.390 e. The Morgan fingerprint density at radius 3 is 2.37 bits per heavy atom. The molecule has 30 heavy (non-hydrogen) atoms. The monoisotopic (exact) mass is 404 g/mol. The van der Waals surface area contributed by atoms with Gasteiger partial charge in [0.05, 0.1) is 6.10 Å². The lowest BCUT2D eigenvalue weighted by atomic mass is 9.89. The van der Waals surface area contributed by atoms with E-state index in [0.717, 1.165) is 42.4 Å². The van der Waals surface area contributed by atoms with E-state index in [1.165, 1.54) is 0 Å². The number of hydrogen-bond acceptors (Lipinski definition) is 4. The van der Waals surface area contributed by atoms with E-state index in [4.69, 9.17) is 0 Å². The Hall–Kier alpha value is -2.76. The number of rotatable bonds is 7. The molecule has 156 valence electrons. The SMILES string of the molecule is CC(=O)c1cn(CC(O)CN2CCC(C(=O)c3ccccc3)CC2)c2ccccc12. The van der Waals surface area contributed by atoms with Crippen LogP contribution in [0.5, 0.6) is 0 Å². The predicted molar refractivity (Wildman–Crippen MR) is 118 cm³/mol. The molecule has 1 atom stereocenters. The summed E-state index contributed by atoms with van der Waals surface area (Å²) in [5.41, 5.74) is 2.45. The van der Waals surface area contributed by atoms with Crippen LogP contribution in [0.15, 0.2) is 60.8 Å². The van der Waals surface area contributed by atoms with Gasteiger partial charge >= 0.3 is 0 Å². The van der Waals surface area contributed by atoms with Gasteiger partial charge in [-0.3, -0.25) is 9.59 Å². The third kappa shape index (κ3) is 4.37. The molecule has 0 radical (unpaired) electrons. The molecule has 2 aromatic carbocycles. The number of para-hydroxylation sites is 1. The van der Waals surface area contributed by atoms with E-state index in [1.54, 1.807) is 6.92 Å². The van der Waals surface area contributed by atoms with Gasteiger partial charge in [-0.05, 0) is 38.9 Å². The lowest BCUT2D eigenvalue weighted by Crippen LogP contribution is -2.41. The van der Waals surface area contributed by atoms with Gasteiger partial charge in [0, 0.05) is 47.2 Å². The number of aromatic nitrogens is 1. The van der Waals surface area contributed by atoms with Gasteiger partial charge in [0.15, 0.2) is 11.6 Å². The average molecular weight is 405 g/mol. The molecule has 1 fully saturated rings. The summed E-state index contributed by atoms with van der Waals surface area (Å²) in [6.07, 6.45) is 2.95. The minimum Gasteiger partial charge on any atom is -0.390 e. The average Bonchev–Trinajstić information content (AvgIpc) is 3.13. The van der Waals surface area contributed by atoms with E-state index in [1.807, 2.05) is 65.4 Å². The predicted octanol–water partition coefficient (Wildman–Crippen LogP) is 3.80. The van der Waals surface area contributed by atoms with Crippen LogP contribution in [0.1, 0.15) is 40.5 Å². The van der Waals surface area contributed by atoms with Crippen LogP contribution in [-0.4, -0.2) is 51.9 Å². The summed E-state index contributed by atoms with van der Waals surface area (Å²) in [5.74, 6) is 0.322. The van der Waals surface area contributed by atoms with Gasteiger partial charge in [0.2, 0.25) is 0 Å². The molecule has 2 heterocycles. The zero-order valence-corrected chi connectivity index (χ0v) is 17.3. The number of hydrogen-bond donors (Lipinski definition) is 1. The summed E-state index contributed by atoms with van der Waals surface area (Å²) in [7, 11) is 0. The van der Waals surface area contributed by atoms with Crippen molar-refractivity contribution < 1.29 is 14.7 Å². The Labute approximate surface area is 176 Å². The van der Waals surface area contributed by atoms with Gasteiger partial charge in [-0.2, -0.15) is 0 Å². The van der Waals surface area contributed by atoms with Crippen LogP contribution in [0.25, 0.3) is 10.9 Å². The minimum absolute atomic E-state index is 0.0320. The van der Waals surface area contributed by atoms with Gasteiger partial charge in [-0.25, -0.2) is 0 Å². The highest BCUT2D eigenvalue weighted by Crippen LogP contribution is 2.24. The van der Waals surface area contributed by atoms with Crippen LogP contribution >= 0.6 is 0 Å². The van der Waals surface area contributed by atoms with E-state index in [2.05, 4.69) is 4.90 Å². The number of nitrogens with zero attached hydrogens (tertiary/aromatic N) is 2. The first-order valence-corrected chi connectivity index (χ1v) is 10.6. The lowest BCUT2D eigenvalue weighted by Gasteiger charge is -2.32. The molecule has 0 amide bonds. The molecule has 1 unspecified atom stereocenters. The number of likely N-dealkylation sites (tertiary alicyclic amines) is 1. The molecule has 4 rings (SSSR count). The fraction of sp³-hybridized carbons (Fsp3) is 0.360. The zero-order valence-electron chi connectivity index (χ0n) is 17.3. The second-order valence-corrected chi connectivity index (χ2v) is 8.23. The van der Waals surface area contributed by atoms with Crippen molar-refractivity contribution in [2.75, 3.05) is 19.6 Å². The summed E-state index contributed by atoms with van der Waals surface area (Å²) >= 11 is 0. The van der Waals surface area contributed by atoms with Crippen molar-refractivity contribution in [1.29, 1.82) is 0 Å². The van der Waals surface area contributed by atoms with Crippen LogP contribution in [0.4, 0.5) is 0 Å². The third-order valence-electron chi connectivity index (χ3n) is 6.06. The number of aliphatic hydroxyl groups excluding tert-OH is 1. The Balaban J connectivity index is 1.35. The van der Waals surface area contributed by atoms with E-state index in [-0.39, 0.29) is 17.5 Å². The Morgan fingerprint density at radius 1 is 1.00 bits per heavy atom. The lowest BCUT2D eigenvalue weighted by molar-refractivity contribution is 0.0684. The number of benzene rings is 2. The number of ketones is 2. The second kappa shape index (κ2) is 8.94. The maximum atomic E-state index is 12.7. The highest BCUT2D eigenvalue weighted by Gasteiger charge is 2.26. The van der Waals surface area contributed by atoms with Crippen molar-refractivity contribution in [2.24, 2.45) is 5.92 Å². The minimum atomic E-state index is -0.540. The van der Waals surface area contributed by atoms with Crippen molar-refractivity contribution in [2.45, 2.75) is 32.4 Å². The molecule has 5 heteroatoms. The molecule has 0 bridgehead atoms. The Bertz CT molecular complexity index is 1030. The maximum absolute atomic E-state index is 12.7. The molecule has 0 saturated carbocycles. The second-order valence-electron chi connectivity index (χ2n) is 8.23. The van der Waals surface area contributed by atoms with Crippen molar-refractivity contribution in [3.8, 4) is 0 Å². The normalized spacial score (nSPS) is 16.6. The first-order valence-electron chi connectivity index (χ1n) is 10.6. The van der Waals surface area contributed by atoms with E-state index in [9.17, 15) is 14.7 Å². The van der Waals surface area contributed by atoms with Gasteiger partial charge < -0.3 is 14.6 Å². The van der Waals surface area contributed by atoms with Crippen LogP contribution in [-0.2, 0) is 6.54 Å². The van der Waals surface area contributed by atoms with Crippen molar-refractivity contribution in [3.63, 3.8) is 0 Å². The number of carbonyl (C=O) groups excluding carboxylic acids is 2. The third-order valence-corrected chi connectivity index (χ3v) is 6.06. The number of aliphatic hydroxyl groups is 1. The summed E-state index contributed by atoms with van der Waals surface area (Å²) in [6, 6.07) is 17.3. The Morgan fingerprint density at radius 2 is 1.67 bits per heavy atom. The van der Waals surface area contributed by atoms with Crippen molar-refractivity contribution >= 4 is 22.5 Å². The molecular weight excluding hydrogens is 376 g/mol. The van der Waals surface area contributed by atoms with Gasteiger partial charge in [-0.15, -0.1) is 0 Å². The molecule has 1 saturated heterocycles. The fourth-order valence-corrected chi connectivity index (χ4v) is 4.48. The van der Waals surface area contributed by atoms with E-state index < -0.39 is 6.10 Å².